The third-order valence-electron chi connectivity index (χ3n) is 4.42. The number of aromatic nitrogens is 1. The first-order valence-electron chi connectivity index (χ1n) is 8.19. The van der Waals surface area contributed by atoms with Crippen LogP contribution in [0.4, 0.5) is 5.69 Å². The number of nitrogens with zero attached hydrogens (tertiary/aromatic N) is 1. The van der Waals surface area contributed by atoms with Crippen LogP contribution >= 0.6 is 0 Å². The number of ether oxygens (including phenoxy) is 2. The Kier molecular flexibility index (Phi) is 6.25. The van der Waals surface area contributed by atoms with Gasteiger partial charge in [-0.2, -0.15) is 0 Å². The molecule has 0 aliphatic heterocycles. The van der Waals surface area contributed by atoms with Crippen molar-refractivity contribution < 1.29 is 9.47 Å². The number of hydrogen-bond acceptors (Lipinski definition) is 4. The molecule has 0 spiro atoms. The number of hydrogen-bond donors (Lipinski definition) is 1. The molecule has 0 amide bonds. The highest BCUT2D eigenvalue weighted by atomic mass is 16.5. The summed E-state index contributed by atoms with van der Waals surface area (Å²) >= 11 is 0. The van der Waals surface area contributed by atoms with Crippen molar-refractivity contribution in [2.75, 3.05) is 20.0 Å². The van der Waals surface area contributed by atoms with Gasteiger partial charge in [-0.1, -0.05) is 25.0 Å². The molecule has 1 fully saturated rings. The highest BCUT2D eigenvalue weighted by molar-refractivity contribution is 5.56. The van der Waals surface area contributed by atoms with Gasteiger partial charge >= 0.3 is 0 Å². The lowest BCUT2D eigenvalue weighted by Crippen LogP contribution is -2.13. The number of anilines is 1. The first-order valence-corrected chi connectivity index (χ1v) is 8.19. The van der Waals surface area contributed by atoms with Crippen LogP contribution in [0.5, 0.6) is 5.75 Å². The molecule has 4 heteroatoms. The standard InChI is InChI=1S/C18H28N2O2/c1-4-5-6-13-7-9-14(10-8-13)17-15(19)11-20-16(12-21-2)18(17)22-3/h6,11,14H,4-5,7-10,12,19H2,1-3H3. The van der Waals surface area contributed by atoms with Gasteiger partial charge in [0.05, 0.1) is 25.6 Å². The zero-order valence-corrected chi connectivity index (χ0v) is 14.0. The second-order valence-corrected chi connectivity index (χ2v) is 5.97. The van der Waals surface area contributed by atoms with Gasteiger partial charge in [-0.3, -0.25) is 4.98 Å². The van der Waals surface area contributed by atoms with E-state index in [-0.39, 0.29) is 0 Å². The zero-order chi connectivity index (χ0) is 15.9. The predicted octanol–water partition coefficient (Wildman–Crippen LogP) is 4.20. The van der Waals surface area contributed by atoms with Crippen molar-refractivity contribution in [3.63, 3.8) is 0 Å². The summed E-state index contributed by atoms with van der Waals surface area (Å²) in [7, 11) is 3.36. The van der Waals surface area contributed by atoms with Gasteiger partial charge in [0, 0.05) is 12.7 Å². The lowest BCUT2D eigenvalue weighted by atomic mass is 9.80. The van der Waals surface area contributed by atoms with E-state index in [0.717, 1.165) is 48.4 Å². The molecule has 0 saturated heterocycles. The summed E-state index contributed by atoms with van der Waals surface area (Å²) in [4.78, 5) is 4.36. The maximum Gasteiger partial charge on any atom is 0.148 e. The van der Waals surface area contributed by atoms with Crippen molar-refractivity contribution in [2.24, 2.45) is 0 Å². The fourth-order valence-electron chi connectivity index (χ4n) is 3.28. The van der Waals surface area contributed by atoms with Gasteiger partial charge in [0.2, 0.25) is 0 Å². The number of nitrogen functional groups attached to an aromatic ring is 1. The van der Waals surface area contributed by atoms with Crippen molar-refractivity contribution in [1.29, 1.82) is 0 Å². The molecule has 0 unspecified atom stereocenters. The molecule has 22 heavy (non-hydrogen) atoms. The summed E-state index contributed by atoms with van der Waals surface area (Å²) < 4.78 is 10.8. The average molecular weight is 304 g/mol. The molecule has 1 aromatic rings. The van der Waals surface area contributed by atoms with Crippen LogP contribution in [0.3, 0.4) is 0 Å². The summed E-state index contributed by atoms with van der Waals surface area (Å²) in [5.74, 6) is 1.26. The smallest absolute Gasteiger partial charge is 0.148 e. The van der Waals surface area contributed by atoms with Crippen LogP contribution < -0.4 is 10.5 Å². The molecule has 0 radical (unpaired) electrons. The van der Waals surface area contributed by atoms with Crippen LogP contribution in [-0.2, 0) is 11.3 Å². The predicted molar refractivity (Wildman–Crippen MR) is 90.1 cm³/mol. The molecule has 122 valence electrons. The van der Waals surface area contributed by atoms with Gasteiger partial charge in [0.25, 0.3) is 0 Å². The maximum atomic E-state index is 6.21. The summed E-state index contributed by atoms with van der Waals surface area (Å²) in [5.41, 5.74) is 10.5. The van der Waals surface area contributed by atoms with E-state index in [2.05, 4.69) is 18.0 Å². The van der Waals surface area contributed by atoms with Crippen LogP contribution in [0, 0.1) is 0 Å². The van der Waals surface area contributed by atoms with E-state index in [9.17, 15) is 0 Å². The van der Waals surface area contributed by atoms with Crippen molar-refractivity contribution >= 4 is 5.69 Å². The number of unbranched alkanes of at least 4 members (excludes halogenated alkanes) is 1. The van der Waals surface area contributed by atoms with E-state index >= 15 is 0 Å². The topological polar surface area (TPSA) is 57.4 Å². The molecular formula is C18H28N2O2. The quantitative estimate of drug-likeness (QED) is 0.800. The first-order chi connectivity index (χ1) is 10.7. The van der Waals surface area contributed by atoms with Gasteiger partial charge in [0.1, 0.15) is 11.4 Å². The Balaban J connectivity index is 2.20. The van der Waals surface area contributed by atoms with E-state index < -0.39 is 0 Å². The van der Waals surface area contributed by atoms with Crippen molar-refractivity contribution in [2.45, 2.75) is 58.0 Å². The number of methoxy groups -OCH3 is 2. The third-order valence-corrected chi connectivity index (χ3v) is 4.42. The first kappa shape index (κ1) is 16.8. The molecule has 2 rings (SSSR count). The lowest BCUT2D eigenvalue weighted by Gasteiger charge is -2.27. The zero-order valence-electron chi connectivity index (χ0n) is 14.0. The van der Waals surface area contributed by atoms with Gasteiger partial charge in [-0.15, -0.1) is 0 Å². The molecule has 4 nitrogen and oxygen atoms in total. The molecule has 1 saturated carbocycles. The number of rotatable bonds is 6. The maximum absolute atomic E-state index is 6.21. The fourth-order valence-corrected chi connectivity index (χ4v) is 3.28. The van der Waals surface area contributed by atoms with Crippen LogP contribution in [0.2, 0.25) is 0 Å². The Labute approximate surface area is 133 Å². The highest BCUT2D eigenvalue weighted by Crippen LogP contribution is 2.43. The molecule has 1 aliphatic rings. The molecule has 0 bridgehead atoms. The van der Waals surface area contributed by atoms with Gasteiger partial charge in [-0.05, 0) is 38.0 Å². The second-order valence-electron chi connectivity index (χ2n) is 5.97. The lowest BCUT2D eigenvalue weighted by molar-refractivity contribution is 0.177. The monoisotopic (exact) mass is 304 g/mol. The SMILES string of the molecule is CCCC=C1CCC(c2c(N)cnc(COC)c2OC)CC1. The van der Waals surface area contributed by atoms with Crippen molar-refractivity contribution in [3.05, 3.63) is 29.1 Å². The van der Waals surface area contributed by atoms with E-state index in [1.165, 1.54) is 12.8 Å². The Morgan fingerprint density at radius 2 is 2.05 bits per heavy atom. The minimum absolute atomic E-state index is 0.449. The normalized spacial score (nSPS) is 18.3. The highest BCUT2D eigenvalue weighted by Gasteiger charge is 2.25. The minimum atomic E-state index is 0.449. The fraction of sp³-hybridized carbons (Fsp3) is 0.611. The molecular weight excluding hydrogens is 276 g/mol. The number of allylic oxidation sites excluding steroid dienone is 2. The van der Waals surface area contributed by atoms with Crippen LogP contribution in [-0.4, -0.2) is 19.2 Å². The molecule has 0 aromatic carbocycles. The van der Waals surface area contributed by atoms with E-state index in [1.54, 1.807) is 26.0 Å². The summed E-state index contributed by atoms with van der Waals surface area (Å²) in [5, 5.41) is 0. The summed E-state index contributed by atoms with van der Waals surface area (Å²) in [6.45, 7) is 2.67. The third kappa shape index (κ3) is 3.80. The van der Waals surface area contributed by atoms with Gasteiger partial charge < -0.3 is 15.2 Å². The van der Waals surface area contributed by atoms with Gasteiger partial charge in [0.15, 0.2) is 0 Å². The largest absolute Gasteiger partial charge is 0.494 e. The van der Waals surface area contributed by atoms with Gasteiger partial charge in [-0.25, -0.2) is 0 Å². The second kappa shape index (κ2) is 8.18. The van der Waals surface area contributed by atoms with Crippen molar-refractivity contribution in [3.8, 4) is 5.75 Å². The van der Waals surface area contributed by atoms with E-state index in [4.69, 9.17) is 15.2 Å². The van der Waals surface area contributed by atoms with E-state index in [0.29, 0.717) is 12.5 Å². The average Bonchev–Trinajstić information content (AvgIpc) is 2.55. The molecule has 1 heterocycles. The Morgan fingerprint density at radius 1 is 1.32 bits per heavy atom. The van der Waals surface area contributed by atoms with Crippen LogP contribution in [0.15, 0.2) is 17.8 Å². The minimum Gasteiger partial charge on any atom is -0.494 e. The van der Waals surface area contributed by atoms with E-state index in [1.807, 2.05) is 0 Å². The molecule has 1 aromatic heterocycles. The molecule has 2 N–H and O–H groups in total. The Morgan fingerprint density at radius 3 is 2.64 bits per heavy atom. The van der Waals surface area contributed by atoms with Crippen molar-refractivity contribution in [1.82, 2.24) is 4.98 Å². The number of pyridine rings is 1. The summed E-state index contributed by atoms with van der Waals surface area (Å²) in [6, 6.07) is 0. The number of nitrogens with two attached hydrogens (primary N) is 1. The molecule has 0 atom stereocenters. The summed E-state index contributed by atoms with van der Waals surface area (Å²) in [6.07, 6.45) is 11.2. The van der Waals surface area contributed by atoms with Crippen LogP contribution in [0.1, 0.15) is 62.6 Å². The molecule has 1 aliphatic carbocycles. The van der Waals surface area contributed by atoms with Crippen LogP contribution in [0.25, 0.3) is 0 Å². The Hall–Kier alpha value is -1.55. The Bertz CT molecular complexity index is 516.